The fraction of sp³-hybridized carbons (Fsp3) is 0.417. The normalized spacial score (nSPS) is 18.5. The van der Waals surface area contributed by atoms with Gasteiger partial charge in [-0.05, 0) is 42.3 Å². The molecule has 1 heterocycles. The molecular weight excluding hydrogens is 394 g/mol. The van der Waals surface area contributed by atoms with E-state index in [2.05, 4.69) is 15.5 Å². The van der Waals surface area contributed by atoms with Gasteiger partial charge in [-0.25, -0.2) is 0 Å². The lowest BCUT2D eigenvalue weighted by Gasteiger charge is -2.19. The fourth-order valence-corrected chi connectivity index (χ4v) is 4.00. The Morgan fingerprint density at radius 3 is 2.35 bits per heavy atom. The number of benzene rings is 2. The van der Waals surface area contributed by atoms with Crippen LogP contribution >= 0.6 is 0 Å². The molecule has 0 aromatic heterocycles. The third-order valence-electron chi connectivity index (χ3n) is 5.75. The number of methoxy groups -OCH3 is 1. The van der Waals surface area contributed by atoms with Crippen LogP contribution in [0.2, 0.25) is 0 Å². The molecule has 166 valence electrons. The zero-order valence-electron chi connectivity index (χ0n) is 18.1. The molecule has 7 nitrogen and oxygen atoms in total. The Labute approximate surface area is 183 Å². The number of ether oxygens (including phenoxy) is 1. The van der Waals surface area contributed by atoms with Crippen LogP contribution < -0.4 is 15.4 Å². The first-order valence-corrected chi connectivity index (χ1v) is 10.6. The molecule has 2 atom stereocenters. The van der Waals surface area contributed by atoms with Crippen LogP contribution in [0.3, 0.4) is 0 Å². The zero-order valence-corrected chi connectivity index (χ0v) is 18.1. The molecule has 1 saturated heterocycles. The highest BCUT2D eigenvalue weighted by Gasteiger charge is 2.36. The van der Waals surface area contributed by atoms with Crippen LogP contribution in [0, 0.1) is 5.92 Å². The minimum atomic E-state index is -0.512. The number of aliphatic hydroxyl groups is 1. The summed E-state index contributed by atoms with van der Waals surface area (Å²) in [5.74, 6) is 0.550. The number of likely N-dealkylation sites (tertiary alicyclic amines) is 1. The summed E-state index contributed by atoms with van der Waals surface area (Å²) in [4.78, 5) is 26.3. The SMILES string of the molecule is COc1ccc(CCNC(=O)[C@H]2CN(C)C[C@@H]2c2ccc(CNC(=O)CO)cc2)cc1. The summed E-state index contributed by atoms with van der Waals surface area (Å²) < 4.78 is 5.18. The largest absolute Gasteiger partial charge is 0.497 e. The molecule has 0 saturated carbocycles. The van der Waals surface area contributed by atoms with Gasteiger partial charge in [0.2, 0.25) is 11.8 Å². The maximum absolute atomic E-state index is 12.9. The molecule has 0 radical (unpaired) electrons. The van der Waals surface area contributed by atoms with Crippen LogP contribution in [0.15, 0.2) is 48.5 Å². The van der Waals surface area contributed by atoms with E-state index in [-0.39, 0.29) is 17.7 Å². The number of hydrogen-bond acceptors (Lipinski definition) is 5. The van der Waals surface area contributed by atoms with Crippen molar-refractivity contribution >= 4 is 11.8 Å². The van der Waals surface area contributed by atoms with Gasteiger partial charge in [0.05, 0.1) is 13.0 Å². The summed E-state index contributed by atoms with van der Waals surface area (Å²) in [6, 6.07) is 15.9. The van der Waals surface area contributed by atoms with Crippen molar-refractivity contribution in [1.29, 1.82) is 0 Å². The molecule has 3 N–H and O–H groups in total. The van der Waals surface area contributed by atoms with Crippen LogP contribution in [0.5, 0.6) is 5.75 Å². The number of likely N-dealkylation sites (N-methyl/N-ethyl adjacent to an activating group) is 1. The molecule has 1 fully saturated rings. The highest BCUT2D eigenvalue weighted by molar-refractivity contribution is 5.80. The van der Waals surface area contributed by atoms with E-state index in [4.69, 9.17) is 9.84 Å². The van der Waals surface area contributed by atoms with Gasteiger partial charge in [0.1, 0.15) is 12.4 Å². The maximum atomic E-state index is 12.9. The Kier molecular flexibility index (Phi) is 8.03. The van der Waals surface area contributed by atoms with Gasteiger partial charge in [0.25, 0.3) is 0 Å². The van der Waals surface area contributed by atoms with Crippen LogP contribution in [0.1, 0.15) is 22.6 Å². The minimum absolute atomic E-state index is 0.0853. The van der Waals surface area contributed by atoms with Crippen molar-refractivity contribution in [3.05, 3.63) is 65.2 Å². The van der Waals surface area contributed by atoms with E-state index in [9.17, 15) is 9.59 Å². The number of nitrogens with one attached hydrogen (secondary N) is 2. The van der Waals surface area contributed by atoms with E-state index in [0.29, 0.717) is 13.1 Å². The quantitative estimate of drug-likeness (QED) is 0.564. The number of aliphatic hydroxyl groups excluding tert-OH is 1. The summed E-state index contributed by atoms with van der Waals surface area (Å²) in [5, 5.41) is 14.5. The van der Waals surface area contributed by atoms with E-state index in [1.807, 2.05) is 55.6 Å². The van der Waals surface area contributed by atoms with Crippen LogP contribution in [-0.2, 0) is 22.6 Å². The molecule has 0 unspecified atom stereocenters. The molecule has 31 heavy (non-hydrogen) atoms. The predicted molar refractivity (Wildman–Crippen MR) is 119 cm³/mol. The lowest BCUT2D eigenvalue weighted by molar-refractivity contribution is -0.125. The Balaban J connectivity index is 1.55. The Morgan fingerprint density at radius 2 is 1.71 bits per heavy atom. The lowest BCUT2D eigenvalue weighted by Crippen LogP contribution is -2.35. The topological polar surface area (TPSA) is 90.9 Å². The summed E-state index contributed by atoms with van der Waals surface area (Å²) in [6.45, 7) is 2.02. The number of carbonyl (C=O) groups is 2. The van der Waals surface area contributed by atoms with Crippen molar-refractivity contribution in [1.82, 2.24) is 15.5 Å². The maximum Gasteiger partial charge on any atom is 0.245 e. The van der Waals surface area contributed by atoms with Crippen molar-refractivity contribution in [2.75, 3.05) is 40.4 Å². The standard InChI is InChI=1S/C24H31N3O4/c1-27-14-21(19-7-3-18(4-8-19)13-26-23(29)16-28)22(15-27)24(30)25-12-11-17-5-9-20(31-2)10-6-17/h3-10,21-22,28H,11-16H2,1-2H3,(H,25,30)(H,26,29)/t21-,22+/m1/s1. The molecule has 1 aliphatic rings. The first kappa shape index (κ1) is 22.8. The van der Waals surface area contributed by atoms with Gasteiger partial charge in [-0.1, -0.05) is 36.4 Å². The molecule has 1 aliphatic heterocycles. The second kappa shape index (κ2) is 10.9. The minimum Gasteiger partial charge on any atom is -0.497 e. The molecule has 0 spiro atoms. The Morgan fingerprint density at radius 1 is 1.03 bits per heavy atom. The highest BCUT2D eigenvalue weighted by Crippen LogP contribution is 2.32. The number of carbonyl (C=O) groups excluding carboxylic acids is 2. The summed E-state index contributed by atoms with van der Waals surface area (Å²) in [5.41, 5.74) is 3.24. The van der Waals surface area contributed by atoms with Gasteiger partial charge in [0, 0.05) is 32.1 Å². The third kappa shape index (κ3) is 6.29. The van der Waals surface area contributed by atoms with E-state index in [1.54, 1.807) is 7.11 Å². The van der Waals surface area contributed by atoms with Gasteiger partial charge in [-0.3, -0.25) is 9.59 Å². The van der Waals surface area contributed by atoms with Crippen LogP contribution in [0.4, 0.5) is 0 Å². The second-order valence-electron chi connectivity index (χ2n) is 8.00. The number of amides is 2. The van der Waals surface area contributed by atoms with E-state index in [0.717, 1.165) is 42.0 Å². The fourth-order valence-electron chi connectivity index (χ4n) is 4.00. The molecule has 3 rings (SSSR count). The average molecular weight is 426 g/mol. The number of hydrogen-bond donors (Lipinski definition) is 3. The van der Waals surface area contributed by atoms with Crippen LogP contribution in [-0.4, -0.2) is 62.2 Å². The Hall–Kier alpha value is -2.90. The van der Waals surface area contributed by atoms with Crippen molar-refractivity contribution in [2.45, 2.75) is 18.9 Å². The molecule has 0 aliphatic carbocycles. The molecule has 2 aromatic carbocycles. The molecule has 2 amide bonds. The highest BCUT2D eigenvalue weighted by atomic mass is 16.5. The first-order chi connectivity index (χ1) is 15.0. The number of nitrogens with zero attached hydrogens (tertiary/aromatic N) is 1. The number of rotatable bonds is 9. The molecule has 7 heteroatoms. The van der Waals surface area contributed by atoms with Gasteiger partial charge in [-0.2, -0.15) is 0 Å². The summed E-state index contributed by atoms with van der Waals surface area (Å²) in [7, 11) is 3.68. The van der Waals surface area contributed by atoms with Gasteiger partial charge >= 0.3 is 0 Å². The van der Waals surface area contributed by atoms with Gasteiger partial charge < -0.3 is 25.4 Å². The van der Waals surface area contributed by atoms with E-state index >= 15 is 0 Å². The van der Waals surface area contributed by atoms with Crippen molar-refractivity contribution in [3.63, 3.8) is 0 Å². The van der Waals surface area contributed by atoms with E-state index in [1.165, 1.54) is 0 Å². The monoisotopic (exact) mass is 425 g/mol. The average Bonchev–Trinajstić information content (AvgIpc) is 3.20. The Bertz CT molecular complexity index is 867. The predicted octanol–water partition coefficient (Wildman–Crippen LogP) is 1.31. The first-order valence-electron chi connectivity index (χ1n) is 10.6. The zero-order chi connectivity index (χ0) is 22.2. The molecule has 0 bridgehead atoms. The smallest absolute Gasteiger partial charge is 0.245 e. The molecule has 2 aromatic rings. The van der Waals surface area contributed by atoms with Crippen molar-refractivity contribution < 1.29 is 19.4 Å². The summed E-state index contributed by atoms with van der Waals surface area (Å²) >= 11 is 0. The molecular formula is C24H31N3O4. The summed E-state index contributed by atoms with van der Waals surface area (Å²) in [6.07, 6.45) is 0.775. The third-order valence-corrected chi connectivity index (χ3v) is 5.75. The second-order valence-corrected chi connectivity index (χ2v) is 8.00. The van der Waals surface area contributed by atoms with Crippen molar-refractivity contribution in [2.24, 2.45) is 5.92 Å². The van der Waals surface area contributed by atoms with Crippen LogP contribution in [0.25, 0.3) is 0 Å². The lowest BCUT2D eigenvalue weighted by atomic mass is 9.88. The van der Waals surface area contributed by atoms with Gasteiger partial charge in [0.15, 0.2) is 0 Å². The van der Waals surface area contributed by atoms with Gasteiger partial charge in [-0.15, -0.1) is 0 Å². The van der Waals surface area contributed by atoms with Crippen molar-refractivity contribution in [3.8, 4) is 5.75 Å². The van der Waals surface area contributed by atoms with E-state index < -0.39 is 12.5 Å².